The summed E-state index contributed by atoms with van der Waals surface area (Å²) in [6.45, 7) is 27.7. The van der Waals surface area contributed by atoms with Gasteiger partial charge in [-0.2, -0.15) is 0 Å². The van der Waals surface area contributed by atoms with Gasteiger partial charge in [0.2, 0.25) is 0 Å². The molecule has 0 N–H and O–H groups in total. The second-order valence-electron chi connectivity index (χ2n) is 23.7. The topological polar surface area (TPSA) is 151 Å². The van der Waals surface area contributed by atoms with Crippen LogP contribution in [0.3, 0.4) is 0 Å². The van der Waals surface area contributed by atoms with Gasteiger partial charge in [0.05, 0.1) is 61.5 Å². The second kappa shape index (κ2) is 82.4. The fraction of sp³-hybridized carbons (Fsp3) is 0.542. The molecule has 0 aromatic heterocycles. The van der Waals surface area contributed by atoms with Crippen LogP contribution in [0.4, 0.5) is 0 Å². The van der Waals surface area contributed by atoms with Crippen LogP contribution in [0.15, 0.2) is 158 Å². The molecule has 0 aliphatic heterocycles. The van der Waals surface area contributed by atoms with Crippen molar-refractivity contribution in [3.8, 4) is 47.1 Å². The van der Waals surface area contributed by atoms with Crippen molar-refractivity contribution >= 4 is 40.0 Å². The van der Waals surface area contributed by atoms with Gasteiger partial charge in [0.1, 0.15) is 42.6 Å². The lowest BCUT2D eigenvalue weighted by atomic mass is 10.0. The Morgan fingerprint density at radius 1 is 0.378 bits per heavy atom. The fourth-order valence-electron chi connectivity index (χ4n) is 6.71. The first-order valence-electron chi connectivity index (χ1n) is 34.8. The highest BCUT2D eigenvalue weighted by Gasteiger charge is 2.07. The van der Waals surface area contributed by atoms with Crippen LogP contribution in [-0.2, 0) is 61.8 Å². The van der Waals surface area contributed by atoms with Crippen molar-refractivity contribution in [2.24, 2.45) is 11.8 Å². The first-order chi connectivity index (χ1) is 47.2. The molecular formula is C83H130O13Si2. The van der Waals surface area contributed by atoms with Gasteiger partial charge in [0.15, 0.2) is 0 Å². The standard InChI is InChI=1S/C21H34O3.C21H32O3.C15H24O3Si.C14H24OSi.C12H16O3/c2*1-4-5-13-16-20(2)17-14-11-9-7-6-8-10-12-15-18-24-19-21(22)23-3;1-17-15(16)14-18-12-10-8-6-5-7-9-11-13-19(2,3)4;1-5-15-13-11-9-7-6-8-10-12-14-16(2,3)4;1-3-4-5-6-7-8-9-10-15-11-12(13)14-2/h6,8-9,11-12,14-15,17,20H,4-5,7,10,13,16,18-19H2,1-3H3;6,8,12,14-15,17,20H,4-5,7,10,13,16,18-19H2,1-3H3;5,7-8,10H,6,9,12,14H2,1-4H3;6,8-9,11H,5,7,10,13H2,1-4H3;1,5-6,8-9H,4,7,10-11H2,2H3/b8-6-,11-9-,15-12-,17-14+;8-6-,15-12-,17-14+;7-5-,10-8-;8-6-,11-9-;6-5-,9-8-/t2*20-;;;/m00.../s1. The van der Waals surface area contributed by atoms with Gasteiger partial charge in [-0.25, -0.2) is 19.2 Å². The van der Waals surface area contributed by atoms with E-state index in [-0.39, 0.29) is 50.3 Å². The first kappa shape index (κ1) is 99.6. The Morgan fingerprint density at radius 2 is 0.684 bits per heavy atom. The zero-order valence-corrected chi connectivity index (χ0v) is 65.3. The van der Waals surface area contributed by atoms with E-state index in [4.69, 9.17) is 30.1 Å². The van der Waals surface area contributed by atoms with Crippen molar-refractivity contribution in [2.45, 2.75) is 189 Å². The number of carbonyl (C=O) groups excluding carboxylic acids is 4. The van der Waals surface area contributed by atoms with Crippen molar-refractivity contribution in [1.82, 2.24) is 0 Å². The quantitative estimate of drug-likeness (QED) is 0.0108. The third-order valence-corrected chi connectivity index (χ3v) is 13.9. The Balaban J connectivity index is -0.000000372. The highest BCUT2D eigenvalue weighted by molar-refractivity contribution is 6.84. The third kappa shape index (κ3) is 102. The Bertz CT molecular complexity index is 2570. The van der Waals surface area contributed by atoms with E-state index in [1.54, 1.807) is 0 Å². The minimum Gasteiger partial charge on any atom is -0.467 e. The van der Waals surface area contributed by atoms with E-state index < -0.39 is 16.1 Å². The number of unbranched alkanes of at least 4 members (excludes halogenated alkanes) is 4. The maximum Gasteiger partial charge on any atom is 0.331 e. The van der Waals surface area contributed by atoms with E-state index in [0.717, 1.165) is 71.0 Å². The summed E-state index contributed by atoms with van der Waals surface area (Å²) >= 11 is 0. The molecule has 0 fully saturated rings. The molecule has 0 bridgehead atoms. The molecule has 15 heteroatoms. The molecule has 0 aliphatic carbocycles. The zero-order chi connectivity index (χ0) is 74.0. The molecule has 0 rings (SSSR count). The molecule has 548 valence electrons. The second-order valence-corrected chi connectivity index (χ2v) is 33.2. The summed E-state index contributed by atoms with van der Waals surface area (Å²) < 4.78 is 43.2. The predicted molar refractivity (Wildman–Crippen MR) is 418 cm³/mol. The number of methoxy groups -OCH3 is 4. The van der Waals surface area contributed by atoms with E-state index in [1.807, 2.05) is 73.8 Å². The largest absolute Gasteiger partial charge is 0.467 e. The van der Waals surface area contributed by atoms with Gasteiger partial charge < -0.3 is 42.6 Å². The zero-order valence-electron chi connectivity index (χ0n) is 63.3. The van der Waals surface area contributed by atoms with Crippen LogP contribution < -0.4 is 0 Å². The summed E-state index contributed by atoms with van der Waals surface area (Å²) in [7, 11) is 2.98. The van der Waals surface area contributed by atoms with Gasteiger partial charge in [-0.3, -0.25) is 0 Å². The Morgan fingerprint density at radius 3 is 1.01 bits per heavy atom. The molecule has 0 heterocycles. The molecule has 13 nitrogen and oxygen atoms in total. The molecule has 0 aromatic carbocycles. The van der Waals surface area contributed by atoms with E-state index in [2.05, 4.69) is 218 Å². The van der Waals surface area contributed by atoms with Gasteiger partial charge in [-0.05, 0) is 76.2 Å². The highest BCUT2D eigenvalue weighted by atomic mass is 28.3. The lowest BCUT2D eigenvalue weighted by Gasteiger charge is -2.03. The van der Waals surface area contributed by atoms with Gasteiger partial charge in [0.25, 0.3) is 0 Å². The van der Waals surface area contributed by atoms with E-state index in [0.29, 0.717) is 44.7 Å². The number of rotatable bonds is 46. The summed E-state index contributed by atoms with van der Waals surface area (Å²) in [5.74, 6) is 15.0. The van der Waals surface area contributed by atoms with Gasteiger partial charge in [0, 0.05) is 32.3 Å². The summed E-state index contributed by atoms with van der Waals surface area (Å²) in [5, 5.41) is 0. The summed E-state index contributed by atoms with van der Waals surface area (Å²) in [6, 6.07) is 0. The SMILES string of the molecule is C#CC/C=C\C/C=C\COCC(=O)OC.CCCCC[C@H](C)/C=C/C#CC/C=C\C/C=C\COCC(=O)OC.CCCCC[C@H](C)/C=C/C=C\C/C=C\C/C=C\COCC(=O)OC.CCOC/C=C\C/C=C\CC#C[Si](C)(C)C.COC(=O)COC/C=C\C/C=C\CC#C[Si](C)(C)C. The fourth-order valence-corrected chi connectivity index (χ4v) is 7.97. The smallest absolute Gasteiger partial charge is 0.331 e. The van der Waals surface area contributed by atoms with Crippen LogP contribution in [-0.4, -0.2) is 135 Å². The van der Waals surface area contributed by atoms with Crippen LogP contribution >= 0.6 is 0 Å². The molecule has 0 unspecified atom stereocenters. The average Bonchev–Trinajstić information content (AvgIpc) is 3.75. The number of carbonyl (C=O) groups is 4. The normalized spacial score (nSPS) is 12.3. The van der Waals surface area contributed by atoms with E-state index >= 15 is 0 Å². The number of ether oxygens (including phenoxy) is 9. The molecule has 0 aliphatic rings. The molecule has 0 saturated heterocycles. The Hall–Kier alpha value is -7.03. The van der Waals surface area contributed by atoms with Gasteiger partial charge >= 0.3 is 23.9 Å². The Labute approximate surface area is 599 Å². The summed E-state index contributed by atoms with van der Waals surface area (Å²) in [6.07, 6.45) is 77.2. The van der Waals surface area contributed by atoms with E-state index in [9.17, 15) is 19.2 Å². The summed E-state index contributed by atoms with van der Waals surface area (Å²) in [5.41, 5.74) is 6.65. The van der Waals surface area contributed by atoms with Crippen LogP contribution in [0.2, 0.25) is 39.3 Å². The molecule has 0 aromatic rings. The van der Waals surface area contributed by atoms with Crippen molar-refractivity contribution in [3.63, 3.8) is 0 Å². The van der Waals surface area contributed by atoms with Crippen LogP contribution in [0, 0.1) is 58.9 Å². The predicted octanol–water partition coefficient (Wildman–Crippen LogP) is 18.7. The number of hydrogen-bond donors (Lipinski definition) is 0. The minimum absolute atomic E-state index is 0.00294. The molecular weight excluding hydrogens is 1260 g/mol. The Kier molecular flexibility index (Phi) is 83.8. The average molecular weight is 1390 g/mol. The van der Waals surface area contributed by atoms with Crippen LogP contribution in [0.1, 0.15) is 150 Å². The van der Waals surface area contributed by atoms with E-state index in [1.165, 1.54) is 79.8 Å². The number of hydrogen-bond acceptors (Lipinski definition) is 13. The molecule has 98 heavy (non-hydrogen) atoms. The molecule has 0 radical (unpaired) electrons. The van der Waals surface area contributed by atoms with Crippen molar-refractivity contribution in [1.29, 1.82) is 0 Å². The number of esters is 4. The molecule has 0 saturated carbocycles. The maximum atomic E-state index is 10.8. The minimum atomic E-state index is -1.22. The molecule has 0 amide bonds. The van der Waals surface area contributed by atoms with Crippen LogP contribution in [0.5, 0.6) is 0 Å². The number of allylic oxidation sites excluding steroid dienone is 21. The van der Waals surface area contributed by atoms with Crippen LogP contribution in [0.25, 0.3) is 0 Å². The van der Waals surface area contributed by atoms with Crippen molar-refractivity contribution in [2.75, 3.05) is 94.5 Å². The summed E-state index contributed by atoms with van der Waals surface area (Å²) in [4.78, 5) is 42.9. The maximum absolute atomic E-state index is 10.8. The van der Waals surface area contributed by atoms with Crippen molar-refractivity contribution < 1.29 is 61.8 Å². The van der Waals surface area contributed by atoms with Gasteiger partial charge in [-0.15, -0.1) is 35.3 Å². The third-order valence-electron chi connectivity index (χ3n) is 12.0. The number of terminal acetylenes is 1. The van der Waals surface area contributed by atoms with Gasteiger partial charge in [-0.1, -0.05) is 269 Å². The molecule has 2 atom stereocenters. The first-order valence-corrected chi connectivity index (χ1v) is 41.8. The molecule has 0 spiro atoms. The lowest BCUT2D eigenvalue weighted by molar-refractivity contribution is -0.146. The lowest BCUT2D eigenvalue weighted by Crippen LogP contribution is -2.16. The van der Waals surface area contributed by atoms with Crippen molar-refractivity contribution in [3.05, 3.63) is 158 Å². The monoisotopic (exact) mass is 1390 g/mol. The highest BCUT2D eigenvalue weighted by Crippen LogP contribution is 2.11.